The third-order valence-corrected chi connectivity index (χ3v) is 4.27. The van der Waals surface area contributed by atoms with E-state index in [0.717, 1.165) is 12.0 Å². The van der Waals surface area contributed by atoms with Crippen molar-refractivity contribution >= 4 is 28.6 Å². The zero-order valence-corrected chi connectivity index (χ0v) is 16.4. The van der Waals surface area contributed by atoms with Crippen LogP contribution in [0.15, 0.2) is 35.3 Å². The van der Waals surface area contributed by atoms with E-state index in [1.807, 2.05) is 12.1 Å². The van der Waals surface area contributed by atoms with Crippen molar-refractivity contribution < 1.29 is 9.84 Å². The molecule has 0 radical (unpaired) electrons. The minimum Gasteiger partial charge on any atom is -0.458 e. The molecule has 0 aliphatic carbocycles. The lowest BCUT2D eigenvalue weighted by molar-refractivity contribution is 0.258. The molecule has 2 aromatic heterocycles. The van der Waals surface area contributed by atoms with Crippen molar-refractivity contribution in [3.8, 4) is 6.01 Å². The molecule has 0 amide bonds. The van der Waals surface area contributed by atoms with Crippen LogP contribution in [0.1, 0.15) is 25.8 Å². The molecule has 0 saturated carbocycles. The molecule has 1 aromatic carbocycles. The third kappa shape index (κ3) is 5.17. The largest absolute Gasteiger partial charge is 0.458 e. The third-order valence-electron chi connectivity index (χ3n) is 4.01. The molecule has 0 saturated heterocycles. The van der Waals surface area contributed by atoms with Crippen LogP contribution in [0.4, 0.5) is 5.82 Å². The molecule has 0 fully saturated rings. The lowest BCUT2D eigenvalue weighted by atomic mass is 10.0. The van der Waals surface area contributed by atoms with Crippen LogP contribution in [-0.4, -0.2) is 37.7 Å². The average Bonchev–Trinajstić information content (AvgIpc) is 2.66. The van der Waals surface area contributed by atoms with Crippen molar-refractivity contribution in [3.63, 3.8) is 0 Å². The first kappa shape index (κ1) is 20.0. The molecule has 9 heteroatoms. The maximum Gasteiger partial charge on any atom is 0.320 e. The molecule has 0 spiro atoms. The number of fused-ring (bicyclic) bond motifs is 1. The molecule has 0 bridgehead atoms. The highest BCUT2D eigenvalue weighted by Gasteiger charge is 2.16. The molecule has 0 unspecified atom stereocenters. The number of aliphatic hydroxyl groups is 1. The summed E-state index contributed by atoms with van der Waals surface area (Å²) in [5.74, 6) is 0.776. The van der Waals surface area contributed by atoms with Gasteiger partial charge in [-0.25, -0.2) is 4.98 Å². The van der Waals surface area contributed by atoms with E-state index in [4.69, 9.17) is 16.3 Å². The molecule has 0 aliphatic heterocycles. The number of anilines is 1. The maximum atomic E-state index is 11.6. The Morgan fingerprint density at radius 1 is 1.25 bits per heavy atom. The van der Waals surface area contributed by atoms with Gasteiger partial charge in [0.25, 0.3) is 5.56 Å². The monoisotopic (exact) mass is 403 g/mol. The minimum absolute atomic E-state index is 0.0615. The molecule has 8 nitrogen and oxygen atoms in total. The fraction of sp³-hybridized carbons (Fsp3) is 0.368. The van der Waals surface area contributed by atoms with Crippen LogP contribution in [0.5, 0.6) is 6.01 Å². The summed E-state index contributed by atoms with van der Waals surface area (Å²) < 4.78 is 5.70. The van der Waals surface area contributed by atoms with E-state index in [2.05, 4.69) is 39.1 Å². The Balaban J connectivity index is 1.89. The molecule has 1 atom stereocenters. The first-order valence-corrected chi connectivity index (χ1v) is 9.34. The Hall–Kier alpha value is -2.71. The summed E-state index contributed by atoms with van der Waals surface area (Å²) in [4.78, 5) is 27.1. The molecule has 3 aromatic rings. The van der Waals surface area contributed by atoms with E-state index in [-0.39, 0.29) is 36.5 Å². The van der Waals surface area contributed by atoms with Crippen molar-refractivity contribution in [2.75, 3.05) is 11.9 Å². The second-order valence-electron chi connectivity index (χ2n) is 6.87. The predicted molar refractivity (Wildman–Crippen MR) is 108 cm³/mol. The van der Waals surface area contributed by atoms with Crippen LogP contribution in [-0.2, 0) is 6.61 Å². The van der Waals surface area contributed by atoms with E-state index in [9.17, 15) is 9.90 Å². The van der Waals surface area contributed by atoms with E-state index in [1.165, 1.54) is 6.20 Å². The van der Waals surface area contributed by atoms with E-state index >= 15 is 0 Å². The highest BCUT2D eigenvalue weighted by Crippen LogP contribution is 2.21. The number of halogens is 1. The van der Waals surface area contributed by atoms with Gasteiger partial charge in [-0.05, 0) is 30.0 Å². The number of ether oxygens (including phenoxy) is 1. The molecule has 28 heavy (non-hydrogen) atoms. The summed E-state index contributed by atoms with van der Waals surface area (Å²) in [6.45, 7) is 4.31. The van der Waals surface area contributed by atoms with Gasteiger partial charge in [0.15, 0.2) is 11.5 Å². The molecule has 0 aliphatic rings. The number of aromatic nitrogens is 4. The normalized spacial score (nSPS) is 12.3. The van der Waals surface area contributed by atoms with E-state index < -0.39 is 0 Å². The van der Waals surface area contributed by atoms with Crippen LogP contribution in [0.25, 0.3) is 11.2 Å². The van der Waals surface area contributed by atoms with Crippen LogP contribution in [0.2, 0.25) is 5.02 Å². The van der Waals surface area contributed by atoms with Crippen LogP contribution >= 0.6 is 11.6 Å². The molecule has 3 N–H and O–H groups in total. The number of aromatic amines is 1. The number of hydrogen-bond donors (Lipinski definition) is 3. The first-order valence-electron chi connectivity index (χ1n) is 8.96. The lowest BCUT2D eigenvalue weighted by Gasteiger charge is -2.19. The van der Waals surface area contributed by atoms with Crippen molar-refractivity contribution in [2.24, 2.45) is 5.92 Å². The average molecular weight is 404 g/mol. The Morgan fingerprint density at radius 3 is 2.68 bits per heavy atom. The van der Waals surface area contributed by atoms with Gasteiger partial charge in [-0.15, -0.1) is 0 Å². The summed E-state index contributed by atoms with van der Waals surface area (Å²) >= 11 is 5.89. The number of hydrogen-bond acceptors (Lipinski definition) is 7. The molecule has 148 valence electrons. The molecule has 3 rings (SSSR count). The number of nitrogens with one attached hydrogen (secondary N) is 2. The summed E-state index contributed by atoms with van der Waals surface area (Å²) in [7, 11) is 0. The summed E-state index contributed by atoms with van der Waals surface area (Å²) in [5, 5.41) is 13.5. The number of H-pyrrole nitrogens is 1. The zero-order chi connectivity index (χ0) is 20.1. The second kappa shape index (κ2) is 8.99. The van der Waals surface area contributed by atoms with Crippen LogP contribution in [0.3, 0.4) is 0 Å². The molecular weight excluding hydrogens is 382 g/mol. The van der Waals surface area contributed by atoms with Gasteiger partial charge in [-0.2, -0.15) is 9.97 Å². The standard InChI is InChI=1S/C19H22ClN5O3/c1-11(2)7-14(9-26)22-17-16-18(23-15(27)8-21-16)25-19(24-17)28-10-12-3-5-13(20)6-4-12/h3-6,8,11,14,26H,7,9-10H2,1-2H3,(H2,22,23,24,25,27)/t14-/m1/s1. The lowest BCUT2D eigenvalue weighted by Crippen LogP contribution is -2.26. The fourth-order valence-electron chi connectivity index (χ4n) is 2.75. The SMILES string of the molecule is CC(C)C[C@H](CO)Nc1nc(OCc2ccc(Cl)cc2)nc2[nH]c(=O)cnc12. The van der Waals surface area contributed by atoms with Gasteiger partial charge in [0, 0.05) is 5.02 Å². The summed E-state index contributed by atoms with van der Waals surface area (Å²) in [6.07, 6.45) is 1.91. The van der Waals surface area contributed by atoms with Gasteiger partial charge >= 0.3 is 6.01 Å². The van der Waals surface area contributed by atoms with Gasteiger partial charge in [0.05, 0.1) is 18.8 Å². The first-order chi connectivity index (χ1) is 13.4. The summed E-state index contributed by atoms with van der Waals surface area (Å²) in [5.41, 5.74) is 1.19. The quantitative estimate of drug-likeness (QED) is 0.530. The van der Waals surface area contributed by atoms with Gasteiger partial charge in [0.1, 0.15) is 12.1 Å². The van der Waals surface area contributed by atoms with Crippen molar-refractivity contribution in [1.29, 1.82) is 0 Å². The van der Waals surface area contributed by atoms with Gasteiger partial charge < -0.3 is 20.1 Å². The number of aliphatic hydroxyl groups excluding tert-OH is 1. The fourth-order valence-corrected chi connectivity index (χ4v) is 2.88. The van der Waals surface area contributed by atoms with E-state index in [0.29, 0.717) is 22.3 Å². The Kier molecular flexibility index (Phi) is 6.43. The van der Waals surface area contributed by atoms with Crippen LogP contribution < -0.4 is 15.6 Å². The second-order valence-corrected chi connectivity index (χ2v) is 7.30. The predicted octanol–water partition coefficient (Wildman–Crippen LogP) is 2.76. The van der Waals surface area contributed by atoms with Crippen molar-refractivity contribution in [3.05, 3.63) is 51.4 Å². The molecule has 2 heterocycles. The number of nitrogens with zero attached hydrogens (tertiary/aromatic N) is 3. The topological polar surface area (TPSA) is 113 Å². The maximum absolute atomic E-state index is 11.6. The summed E-state index contributed by atoms with van der Waals surface area (Å²) in [6, 6.07) is 7.11. The Bertz CT molecular complexity index is 991. The number of rotatable bonds is 8. The highest BCUT2D eigenvalue weighted by molar-refractivity contribution is 6.30. The zero-order valence-electron chi connectivity index (χ0n) is 15.6. The van der Waals surface area contributed by atoms with Gasteiger partial charge in [-0.3, -0.25) is 4.79 Å². The highest BCUT2D eigenvalue weighted by atomic mass is 35.5. The molecular formula is C19H22ClN5O3. The Labute approximate surface area is 167 Å². The van der Waals surface area contributed by atoms with Gasteiger partial charge in [-0.1, -0.05) is 37.6 Å². The smallest absolute Gasteiger partial charge is 0.320 e. The number of benzene rings is 1. The van der Waals surface area contributed by atoms with Crippen LogP contribution in [0, 0.1) is 5.92 Å². The minimum atomic E-state index is -0.373. The van der Waals surface area contributed by atoms with Crippen molar-refractivity contribution in [1.82, 2.24) is 19.9 Å². The van der Waals surface area contributed by atoms with Crippen molar-refractivity contribution in [2.45, 2.75) is 32.9 Å². The van der Waals surface area contributed by atoms with E-state index in [1.54, 1.807) is 12.1 Å². The van der Waals surface area contributed by atoms with Gasteiger partial charge in [0.2, 0.25) is 0 Å². The Morgan fingerprint density at radius 2 is 2.00 bits per heavy atom.